The van der Waals surface area contributed by atoms with Crippen LogP contribution in [0, 0.1) is 0 Å². The summed E-state index contributed by atoms with van der Waals surface area (Å²) in [6, 6.07) is 6.88. The van der Waals surface area contributed by atoms with Gasteiger partial charge in [-0.2, -0.15) is 0 Å². The predicted octanol–water partition coefficient (Wildman–Crippen LogP) is 3.28. The third kappa shape index (κ3) is 2.99. The number of hydrogen-bond acceptors (Lipinski definition) is 1. The third-order valence-corrected chi connectivity index (χ3v) is 3.76. The summed E-state index contributed by atoms with van der Waals surface area (Å²) in [6.45, 7) is 3.96. The van der Waals surface area contributed by atoms with Crippen molar-refractivity contribution in [2.45, 2.75) is 44.5 Å². The summed E-state index contributed by atoms with van der Waals surface area (Å²) in [5.41, 5.74) is 4.49. The number of fused-ring (bicyclic) bond motifs is 1. The number of rotatable bonds is 5. The first kappa shape index (κ1) is 11.9. The van der Waals surface area contributed by atoms with Gasteiger partial charge in [-0.05, 0) is 42.4 Å². The van der Waals surface area contributed by atoms with Crippen molar-refractivity contribution < 1.29 is 0 Å². The fourth-order valence-electron chi connectivity index (χ4n) is 2.25. The molecule has 1 N–H and O–H groups in total. The van der Waals surface area contributed by atoms with Gasteiger partial charge < -0.3 is 5.32 Å². The third-order valence-electron chi connectivity index (χ3n) is 3.30. The van der Waals surface area contributed by atoms with Crippen LogP contribution in [0.1, 0.15) is 36.5 Å². The molecule has 0 aromatic heterocycles. The number of hydrogen-bond donors (Lipinski definition) is 1. The SMILES string of the molecule is CCC(Cl)CNCc1ccc2c(c1)CCC2. The van der Waals surface area contributed by atoms with Gasteiger partial charge in [0.25, 0.3) is 0 Å². The summed E-state index contributed by atoms with van der Waals surface area (Å²) < 4.78 is 0. The molecule has 1 unspecified atom stereocenters. The minimum absolute atomic E-state index is 0.259. The van der Waals surface area contributed by atoms with E-state index in [1.54, 1.807) is 11.1 Å². The molecule has 0 heterocycles. The first-order valence-corrected chi connectivity index (χ1v) is 6.68. The topological polar surface area (TPSA) is 12.0 Å². The molecule has 1 aromatic rings. The van der Waals surface area contributed by atoms with Crippen LogP contribution in [-0.4, -0.2) is 11.9 Å². The maximum Gasteiger partial charge on any atom is 0.0458 e. The Labute approximate surface area is 103 Å². The molecule has 0 saturated heterocycles. The number of benzene rings is 1. The van der Waals surface area contributed by atoms with Crippen molar-refractivity contribution in [1.29, 1.82) is 0 Å². The molecule has 1 atom stereocenters. The highest BCUT2D eigenvalue weighted by Crippen LogP contribution is 2.22. The summed E-state index contributed by atoms with van der Waals surface area (Å²) in [4.78, 5) is 0. The van der Waals surface area contributed by atoms with E-state index in [-0.39, 0.29) is 5.38 Å². The van der Waals surface area contributed by atoms with Gasteiger partial charge in [0.15, 0.2) is 0 Å². The van der Waals surface area contributed by atoms with E-state index in [0.717, 1.165) is 19.5 Å². The predicted molar refractivity (Wildman–Crippen MR) is 70.1 cm³/mol. The Morgan fingerprint density at radius 3 is 2.94 bits per heavy atom. The van der Waals surface area contributed by atoms with Crippen LogP contribution in [0.15, 0.2) is 18.2 Å². The normalized spacial score (nSPS) is 16.1. The molecule has 0 aliphatic heterocycles. The van der Waals surface area contributed by atoms with Crippen molar-refractivity contribution in [1.82, 2.24) is 5.32 Å². The Morgan fingerprint density at radius 1 is 1.31 bits per heavy atom. The molecule has 2 heteroatoms. The summed E-state index contributed by atoms with van der Waals surface area (Å²) >= 11 is 6.06. The van der Waals surface area contributed by atoms with Crippen LogP contribution in [0.2, 0.25) is 0 Å². The van der Waals surface area contributed by atoms with Crippen LogP contribution in [0.5, 0.6) is 0 Å². The lowest BCUT2D eigenvalue weighted by atomic mass is 10.1. The summed E-state index contributed by atoms with van der Waals surface area (Å²) in [5.74, 6) is 0. The first-order valence-electron chi connectivity index (χ1n) is 6.25. The average Bonchev–Trinajstić information content (AvgIpc) is 2.76. The van der Waals surface area contributed by atoms with Crippen molar-refractivity contribution in [3.8, 4) is 0 Å². The number of aryl methyl sites for hydroxylation is 2. The van der Waals surface area contributed by atoms with Gasteiger partial charge in [0.05, 0.1) is 0 Å². The Bertz CT molecular complexity index is 349. The average molecular weight is 238 g/mol. The van der Waals surface area contributed by atoms with E-state index in [1.807, 2.05) is 0 Å². The number of halogens is 1. The zero-order chi connectivity index (χ0) is 11.4. The molecular weight excluding hydrogens is 218 g/mol. The lowest BCUT2D eigenvalue weighted by Crippen LogP contribution is -2.22. The molecule has 88 valence electrons. The summed E-state index contributed by atoms with van der Waals surface area (Å²) in [5, 5.41) is 3.67. The first-order chi connectivity index (χ1) is 7.79. The van der Waals surface area contributed by atoms with Gasteiger partial charge >= 0.3 is 0 Å². The molecule has 0 bridgehead atoms. The molecule has 1 aromatic carbocycles. The highest BCUT2D eigenvalue weighted by atomic mass is 35.5. The summed E-state index contributed by atoms with van der Waals surface area (Å²) in [6.07, 6.45) is 4.88. The smallest absolute Gasteiger partial charge is 0.0458 e. The quantitative estimate of drug-likeness (QED) is 0.775. The van der Waals surface area contributed by atoms with Crippen molar-refractivity contribution in [3.63, 3.8) is 0 Å². The number of alkyl halides is 1. The second-order valence-corrected chi connectivity index (χ2v) is 5.21. The summed E-state index contributed by atoms with van der Waals surface area (Å²) in [7, 11) is 0. The lowest BCUT2D eigenvalue weighted by Gasteiger charge is -2.09. The van der Waals surface area contributed by atoms with Crippen molar-refractivity contribution in [2.75, 3.05) is 6.54 Å². The maximum absolute atomic E-state index is 6.06. The second kappa shape index (κ2) is 5.70. The fourth-order valence-corrected chi connectivity index (χ4v) is 2.36. The van der Waals surface area contributed by atoms with Gasteiger partial charge in [-0.3, -0.25) is 0 Å². The Hall–Kier alpha value is -0.530. The molecule has 0 saturated carbocycles. The van der Waals surface area contributed by atoms with E-state index < -0.39 is 0 Å². The van der Waals surface area contributed by atoms with Crippen LogP contribution in [0.25, 0.3) is 0 Å². The van der Waals surface area contributed by atoms with Crippen LogP contribution >= 0.6 is 11.6 Å². The van der Waals surface area contributed by atoms with E-state index >= 15 is 0 Å². The molecule has 0 radical (unpaired) electrons. The van der Waals surface area contributed by atoms with E-state index in [4.69, 9.17) is 11.6 Å². The van der Waals surface area contributed by atoms with Gasteiger partial charge in [-0.1, -0.05) is 25.1 Å². The fraction of sp³-hybridized carbons (Fsp3) is 0.571. The van der Waals surface area contributed by atoms with Crippen molar-refractivity contribution in [2.24, 2.45) is 0 Å². The number of nitrogens with one attached hydrogen (secondary N) is 1. The van der Waals surface area contributed by atoms with Crippen LogP contribution < -0.4 is 5.32 Å². The van der Waals surface area contributed by atoms with Gasteiger partial charge in [0.2, 0.25) is 0 Å². The maximum atomic E-state index is 6.06. The standard InChI is InChI=1S/C14H20ClN/c1-2-14(15)10-16-9-11-6-7-12-4-3-5-13(12)8-11/h6-8,14,16H,2-5,9-10H2,1H3. The molecule has 1 aliphatic carbocycles. The van der Waals surface area contributed by atoms with Gasteiger partial charge in [-0.25, -0.2) is 0 Å². The molecule has 1 nitrogen and oxygen atoms in total. The molecule has 1 aliphatic rings. The highest BCUT2D eigenvalue weighted by molar-refractivity contribution is 6.20. The van der Waals surface area contributed by atoms with E-state index in [2.05, 4.69) is 30.4 Å². The molecule has 0 spiro atoms. The largest absolute Gasteiger partial charge is 0.311 e. The van der Waals surface area contributed by atoms with Gasteiger partial charge in [0, 0.05) is 18.5 Å². The van der Waals surface area contributed by atoms with Gasteiger partial charge in [-0.15, -0.1) is 11.6 Å². The van der Waals surface area contributed by atoms with Crippen molar-refractivity contribution in [3.05, 3.63) is 34.9 Å². The minimum Gasteiger partial charge on any atom is -0.311 e. The minimum atomic E-state index is 0.259. The Balaban J connectivity index is 1.86. The van der Waals surface area contributed by atoms with Gasteiger partial charge in [0.1, 0.15) is 0 Å². The molecule has 0 fully saturated rings. The second-order valence-electron chi connectivity index (χ2n) is 4.59. The molecule has 0 amide bonds. The Morgan fingerprint density at radius 2 is 2.12 bits per heavy atom. The van der Waals surface area contributed by atoms with Crippen LogP contribution in [0.4, 0.5) is 0 Å². The monoisotopic (exact) mass is 237 g/mol. The lowest BCUT2D eigenvalue weighted by molar-refractivity contribution is 0.647. The van der Waals surface area contributed by atoms with E-state index in [1.165, 1.54) is 24.8 Å². The van der Waals surface area contributed by atoms with Crippen molar-refractivity contribution >= 4 is 11.6 Å². The highest BCUT2D eigenvalue weighted by Gasteiger charge is 2.10. The zero-order valence-electron chi connectivity index (χ0n) is 9.93. The Kier molecular flexibility index (Phi) is 4.25. The molecule has 16 heavy (non-hydrogen) atoms. The van der Waals surface area contributed by atoms with E-state index in [9.17, 15) is 0 Å². The van der Waals surface area contributed by atoms with Crippen LogP contribution in [-0.2, 0) is 19.4 Å². The zero-order valence-corrected chi connectivity index (χ0v) is 10.7. The molecule has 2 rings (SSSR count). The molecular formula is C14H20ClN. The van der Waals surface area contributed by atoms with E-state index in [0.29, 0.717) is 0 Å². The van der Waals surface area contributed by atoms with Crippen LogP contribution in [0.3, 0.4) is 0 Å².